The molecule has 5 heteroatoms. The smallest absolute Gasteiger partial charge is 0.0701 e. The van der Waals surface area contributed by atoms with Crippen LogP contribution in [0.3, 0.4) is 0 Å². The van der Waals surface area contributed by atoms with Crippen LogP contribution in [0.5, 0.6) is 0 Å². The van der Waals surface area contributed by atoms with E-state index in [9.17, 15) is 0 Å². The second-order valence-electron chi connectivity index (χ2n) is 3.79. The molecule has 0 fully saturated rings. The molecule has 0 saturated carbocycles. The van der Waals surface area contributed by atoms with Gasteiger partial charge in [0.1, 0.15) is 0 Å². The maximum Gasteiger partial charge on any atom is 0.0701 e. The summed E-state index contributed by atoms with van der Waals surface area (Å²) in [5.41, 5.74) is 0.954. The fourth-order valence-corrected chi connectivity index (χ4v) is 3.46. The summed E-state index contributed by atoms with van der Waals surface area (Å²) in [5, 5.41) is 7.48. The predicted octanol–water partition coefficient (Wildman–Crippen LogP) is 5.41. The Morgan fingerprint density at radius 2 is 1.94 bits per heavy atom. The lowest BCUT2D eigenvalue weighted by atomic mass is 10.1. The molecule has 1 aromatic carbocycles. The Kier molecular flexibility index (Phi) is 4.93. The van der Waals surface area contributed by atoms with Crippen molar-refractivity contribution in [1.82, 2.24) is 5.32 Å². The van der Waals surface area contributed by atoms with Crippen molar-refractivity contribution in [1.29, 1.82) is 0 Å². The zero-order chi connectivity index (χ0) is 13.1. The van der Waals surface area contributed by atoms with E-state index in [1.807, 2.05) is 30.5 Å². The minimum atomic E-state index is -0.0197. The van der Waals surface area contributed by atoms with E-state index in [1.165, 1.54) is 0 Å². The number of hydrogen-bond acceptors (Lipinski definition) is 2. The molecule has 1 aromatic heterocycles. The zero-order valence-electron chi connectivity index (χ0n) is 9.71. The van der Waals surface area contributed by atoms with E-state index in [0.717, 1.165) is 22.0 Å². The molecule has 1 atom stereocenters. The largest absolute Gasteiger partial charge is 0.306 e. The van der Waals surface area contributed by atoms with Crippen LogP contribution in [-0.4, -0.2) is 6.54 Å². The number of thiophene rings is 1. The normalized spacial score (nSPS) is 12.7. The number of benzene rings is 1. The third-order valence-electron chi connectivity index (χ3n) is 2.58. The van der Waals surface area contributed by atoms with Crippen LogP contribution < -0.4 is 5.32 Å². The average molecular weight is 321 g/mol. The van der Waals surface area contributed by atoms with Gasteiger partial charge in [-0.15, -0.1) is 11.3 Å². The topological polar surface area (TPSA) is 12.0 Å². The fraction of sp³-hybridized carbons (Fsp3) is 0.231. The summed E-state index contributed by atoms with van der Waals surface area (Å²) in [6.07, 6.45) is 0. The van der Waals surface area contributed by atoms with Crippen LogP contribution in [0.2, 0.25) is 15.1 Å². The van der Waals surface area contributed by atoms with Crippen LogP contribution in [0.1, 0.15) is 23.4 Å². The van der Waals surface area contributed by atoms with E-state index in [1.54, 1.807) is 17.4 Å². The van der Waals surface area contributed by atoms with E-state index in [0.29, 0.717) is 10.0 Å². The second kappa shape index (κ2) is 6.27. The molecule has 0 amide bonds. The molecule has 1 heterocycles. The highest BCUT2D eigenvalue weighted by Gasteiger charge is 2.20. The maximum atomic E-state index is 6.26. The Morgan fingerprint density at radius 1 is 1.17 bits per heavy atom. The Hall–Kier alpha value is -0.250. The Morgan fingerprint density at radius 3 is 2.56 bits per heavy atom. The molecule has 1 unspecified atom stereocenters. The van der Waals surface area contributed by atoms with Gasteiger partial charge < -0.3 is 5.32 Å². The number of nitrogens with one attached hydrogen (secondary N) is 1. The SMILES string of the molecule is CCNC(c1cc(Cl)ccc1Cl)c1sccc1Cl. The van der Waals surface area contributed by atoms with Crippen LogP contribution in [0, 0.1) is 0 Å². The molecule has 2 aromatic rings. The van der Waals surface area contributed by atoms with E-state index in [2.05, 4.69) is 5.32 Å². The Bertz CT molecular complexity index is 539. The third kappa shape index (κ3) is 3.01. The van der Waals surface area contributed by atoms with Gasteiger partial charge in [-0.25, -0.2) is 0 Å². The number of rotatable bonds is 4. The Labute approximate surface area is 126 Å². The highest BCUT2D eigenvalue weighted by Crippen LogP contribution is 2.36. The highest BCUT2D eigenvalue weighted by atomic mass is 35.5. The minimum Gasteiger partial charge on any atom is -0.306 e. The molecule has 2 rings (SSSR count). The van der Waals surface area contributed by atoms with E-state index in [4.69, 9.17) is 34.8 Å². The highest BCUT2D eigenvalue weighted by molar-refractivity contribution is 7.10. The van der Waals surface area contributed by atoms with Crippen LogP contribution in [0.15, 0.2) is 29.6 Å². The summed E-state index contributed by atoms with van der Waals surface area (Å²) in [7, 11) is 0. The molecule has 0 saturated heterocycles. The fourth-order valence-electron chi connectivity index (χ4n) is 1.80. The molecule has 1 N–H and O–H groups in total. The van der Waals surface area contributed by atoms with E-state index in [-0.39, 0.29) is 6.04 Å². The average Bonchev–Trinajstić information content (AvgIpc) is 2.76. The first kappa shape index (κ1) is 14.2. The van der Waals surface area contributed by atoms with Gasteiger partial charge in [-0.3, -0.25) is 0 Å². The molecule has 0 aliphatic rings. The van der Waals surface area contributed by atoms with Crippen molar-refractivity contribution in [3.8, 4) is 0 Å². The van der Waals surface area contributed by atoms with Crippen molar-refractivity contribution in [2.75, 3.05) is 6.54 Å². The van der Waals surface area contributed by atoms with Crippen molar-refractivity contribution in [3.63, 3.8) is 0 Å². The van der Waals surface area contributed by atoms with Crippen LogP contribution in [0.4, 0.5) is 0 Å². The summed E-state index contributed by atoms with van der Waals surface area (Å²) >= 11 is 20.1. The first-order valence-electron chi connectivity index (χ1n) is 5.54. The monoisotopic (exact) mass is 319 g/mol. The first-order chi connectivity index (χ1) is 8.63. The van der Waals surface area contributed by atoms with Crippen LogP contribution >= 0.6 is 46.1 Å². The summed E-state index contributed by atoms with van der Waals surface area (Å²) in [6, 6.07) is 7.35. The quantitative estimate of drug-likeness (QED) is 0.794. The molecule has 18 heavy (non-hydrogen) atoms. The molecule has 96 valence electrons. The molecule has 0 bridgehead atoms. The van der Waals surface area contributed by atoms with Gasteiger partial charge in [-0.1, -0.05) is 41.7 Å². The van der Waals surface area contributed by atoms with Gasteiger partial charge in [0.2, 0.25) is 0 Å². The van der Waals surface area contributed by atoms with Gasteiger partial charge >= 0.3 is 0 Å². The van der Waals surface area contributed by atoms with Gasteiger partial charge in [0.15, 0.2) is 0 Å². The van der Waals surface area contributed by atoms with Crippen molar-refractivity contribution in [2.24, 2.45) is 0 Å². The summed E-state index contributed by atoms with van der Waals surface area (Å²) in [6.45, 7) is 2.87. The van der Waals surface area contributed by atoms with Crippen molar-refractivity contribution in [3.05, 3.63) is 55.2 Å². The lowest BCUT2D eigenvalue weighted by Gasteiger charge is -2.19. The molecule has 0 aliphatic heterocycles. The van der Waals surface area contributed by atoms with E-state index >= 15 is 0 Å². The maximum absolute atomic E-state index is 6.26. The number of hydrogen-bond donors (Lipinski definition) is 1. The Balaban J connectivity index is 2.48. The van der Waals surface area contributed by atoms with Crippen molar-refractivity contribution in [2.45, 2.75) is 13.0 Å². The lowest BCUT2D eigenvalue weighted by molar-refractivity contribution is 0.640. The van der Waals surface area contributed by atoms with Crippen molar-refractivity contribution < 1.29 is 0 Å². The van der Waals surface area contributed by atoms with Gasteiger partial charge in [-0.05, 0) is 41.8 Å². The summed E-state index contributed by atoms with van der Waals surface area (Å²) in [5.74, 6) is 0. The number of halogens is 3. The molecule has 0 radical (unpaired) electrons. The molecule has 1 nitrogen and oxygen atoms in total. The van der Waals surface area contributed by atoms with Gasteiger partial charge in [0, 0.05) is 14.9 Å². The van der Waals surface area contributed by atoms with Crippen molar-refractivity contribution >= 4 is 46.1 Å². The molecular weight excluding hydrogens is 309 g/mol. The third-order valence-corrected chi connectivity index (χ3v) is 4.59. The molecule has 0 aliphatic carbocycles. The summed E-state index contributed by atoms with van der Waals surface area (Å²) in [4.78, 5) is 1.06. The van der Waals surface area contributed by atoms with E-state index < -0.39 is 0 Å². The standard InChI is InChI=1S/C13H12Cl3NS/c1-2-17-12(13-11(16)5-6-18-13)9-7-8(14)3-4-10(9)15/h3-7,12,17H,2H2,1H3. The van der Waals surface area contributed by atoms with Crippen LogP contribution in [0.25, 0.3) is 0 Å². The summed E-state index contributed by atoms with van der Waals surface area (Å²) < 4.78 is 0. The minimum absolute atomic E-state index is 0.0197. The van der Waals surface area contributed by atoms with Gasteiger partial charge in [0.25, 0.3) is 0 Å². The zero-order valence-corrected chi connectivity index (χ0v) is 12.8. The predicted molar refractivity (Wildman–Crippen MR) is 81.3 cm³/mol. The van der Waals surface area contributed by atoms with Gasteiger partial charge in [0.05, 0.1) is 11.1 Å². The van der Waals surface area contributed by atoms with Crippen LogP contribution in [-0.2, 0) is 0 Å². The van der Waals surface area contributed by atoms with Gasteiger partial charge in [-0.2, -0.15) is 0 Å². The first-order valence-corrected chi connectivity index (χ1v) is 7.56. The second-order valence-corrected chi connectivity index (χ2v) is 5.99. The molecular formula is C13H12Cl3NS. The molecule has 0 spiro atoms. The lowest BCUT2D eigenvalue weighted by Crippen LogP contribution is -2.21.